The fourth-order valence-electron chi connectivity index (χ4n) is 0.682. The van der Waals surface area contributed by atoms with E-state index < -0.39 is 0 Å². The maximum Gasteiger partial charge on any atom is 0.224 e. The number of rotatable bonds is 6. The summed E-state index contributed by atoms with van der Waals surface area (Å²) < 4.78 is 0. The largest absolute Gasteiger partial charge is 0.351 e. The Kier molecular flexibility index (Phi) is 6.79. The molecule has 0 aliphatic heterocycles. The lowest BCUT2D eigenvalue weighted by atomic mass is 10.2. The molecular formula is C9H16NO. The Balaban J connectivity index is 3.10. The summed E-state index contributed by atoms with van der Waals surface area (Å²) in [6.45, 7) is 7.41. The number of nitrogens with one attached hydrogen (secondary N) is 1. The molecule has 0 aromatic rings. The molecule has 2 heteroatoms. The van der Waals surface area contributed by atoms with Gasteiger partial charge in [-0.1, -0.05) is 25.8 Å². The van der Waals surface area contributed by atoms with E-state index in [1.165, 1.54) is 0 Å². The second-order valence-electron chi connectivity index (χ2n) is 2.41. The SMILES string of the molecule is C=CCC(=O)N[CH]CCCC. The van der Waals surface area contributed by atoms with Crippen LogP contribution in [-0.4, -0.2) is 5.91 Å². The second kappa shape index (κ2) is 7.32. The fraction of sp³-hybridized carbons (Fsp3) is 0.556. The van der Waals surface area contributed by atoms with E-state index >= 15 is 0 Å². The van der Waals surface area contributed by atoms with Crippen LogP contribution in [0.5, 0.6) is 0 Å². The third-order valence-electron chi connectivity index (χ3n) is 1.29. The van der Waals surface area contributed by atoms with Crippen molar-refractivity contribution in [3.05, 3.63) is 19.2 Å². The second-order valence-corrected chi connectivity index (χ2v) is 2.41. The van der Waals surface area contributed by atoms with E-state index in [2.05, 4.69) is 18.8 Å². The van der Waals surface area contributed by atoms with Crippen molar-refractivity contribution in [2.45, 2.75) is 32.6 Å². The van der Waals surface area contributed by atoms with Crippen molar-refractivity contribution in [1.82, 2.24) is 5.32 Å². The summed E-state index contributed by atoms with van der Waals surface area (Å²) in [7, 11) is 0. The third-order valence-corrected chi connectivity index (χ3v) is 1.29. The Bertz CT molecular complexity index is 121. The van der Waals surface area contributed by atoms with Crippen molar-refractivity contribution in [3.63, 3.8) is 0 Å². The highest BCUT2D eigenvalue weighted by molar-refractivity contribution is 5.77. The Hall–Kier alpha value is -0.790. The van der Waals surface area contributed by atoms with Crippen LogP contribution in [-0.2, 0) is 4.79 Å². The third kappa shape index (κ3) is 7.10. The van der Waals surface area contributed by atoms with Crippen molar-refractivity contribution >= 4 is 5.91 Å². The average Bonchev–Trinajstić information content (AvgIpc) is 1.99. The minimum Gasteiger partial charge on any atom is -0.351 e. The van der Waals surface area contributed by atoms with E-state index in [4.69, 9.17) is 0 Å². The first kappa shape index (κ1) is 10.2. The lowest BCUT2D eigenvalue weighted by Gasteiger charge is -2.00. The summed E-state index contributed by atoms with van der Waals surface area (Å²) in [4.78, 5) is 10.8. The Labute approximate surface area is 68.7 Å². The average molecular weight is 154 g/mol. The molecule has 0 saturated carbocycles. The summed E-state index contributed by atoms with van der Waals surface area (Å²) >= 11 is 0. The number of carbonyl (C=O) groups excluding carboxylic acids is 1. The Morgan fingerprint density at radius 2 is 2.36 bits per heavy atom. The van der Waals surface area contributed by atoms with E-state index in [0.29, 0.717) is 6.42 Å². The molecule has 11 heavy (non-hydrogen) atoms. The van der Waals surface area contributed by atoms with Crippen LogP contribution >= 0.6 is 0 Å². The predicted octanol–water partition coefficient (Wildman–Crippen LogP) is 2.03. The first-order valence-electron chi connectivity index (χ1n) is 4.03. The van der Waals surface area contributed by atoms with Gasteiger partial charge in [-0.2, -0.15) is 0 Å². The molecule has 0 aliphatic rings. The van der Waals surface area contributed by atoms with Crippen LogP contribution < -0.4 is 5.32 Å². The maximum absolute atomic E-state index is 10.8. The highest BCUT2D eigenvalue weighted by Crippen LogP contribution is 1.94. The van der Waals surface area contributed by atoms with Crippen LogP contribution in [0.4, 0.5) is 0 Å². The van der Waals surface area contributed by atoms with Crippen LogP contribution in [0, 0.1) is 6.54 Å². The summed E-state index contributed by atoms with van der Waals surface area (Å²) in [6, 6.07) is 0. The molecule has 1 amide bonds. The predicted molar refractivity (Wildman–Crippen MR) is 46.8 cm³/mol. The standard InChI is InChI=1S/C9H16NO/c1-3-5-6-8-10-9(11)7-4-2/h4,8H,2-3,5-7H2,1H3,(H,10,11). The number of unbranched alkanes of at least 4 members (excludes halogenated alkanes) is 2. The lowest BCUT2D eigenvalue weighted by Crippen LogP contribution is -2.18. The molecule has 0 bridgehead atoms. The van der Waals surface area contributed by atoms with E-state index in [9.17, 15) is 4.79 Å². The van der Waals surface area contributed by atoms with Crippen LogP contribution in [0.15, 0.2) is 12.7 Å². The molecule has 1 radical (unpaired) electrons. The van der Waals surface area contributed by atoms with Crippen molar-refractivity contribution in [1.29, 1.82) is 0 Å². The summed E-state index contributed by atoms with van der Waals surface area (Å²) in [5.41, 5.74) is 0. The highest BCUT2D eigenvalue weighted by Gasteiger charge is 1.94. The topological polar surface area (TPSA) is 29.1 Å². The highest BCUT2D eigenvalue weighted by atomic mass is 16.1. The van der Waals surface area contributed by atoms with Gasteiger partial charge in [0, 0.05) is 13.0 Å². The van der Waals surface area contributed by atoms with Crippen LogP contribution in [0.2, 0.25) is 0 Å². The quantitative estimate of drug-likeness (QED) is 0.460. The first-order valence-corrected chi connectivity index (χ1v) is 4.03. The molecule has 0 rings (SSSR count). The zero-order chi connectivity index (χ0) is 8.53. The van der Waals surface area contributed by atoms with Gasteiger partial charge < -0.3 is 5.32 Å². The van der Waals surface area contributed by atoms with Crippen LogP contribution in [0.1, 0.15) is 32.6 Å². The molecule has 0 atom stereocenters. The molecule has 0 fully saturated rings. The zero-order valence-corrected chi connectivity index (χ0v) is 7.10. The Morgan fingerprint density at radius 1 is 1.64 bits per heavy atom. The van der Waals surface area contributed by atoms with Gasteiger partial charge in [0.1, 0.15) is 0 Å². The van der Waals surface area contributed by atoms with Crippen molar-refractivity contribution in [3.8, 4) is 0 Å². The summed E-state index contributed by atoms with van der Waals surface area (Å²) in [5, 5.41) is 2.68. The van der Waals surface area contributed by atoms with Crippen LogP contribution in [0.25, 0.3) is 0 Å². The summed E-state index contributed by atoms with van der Waals surface area (Å²) in [5.74, 6) is 0.0242. The van der Waals surface area contributed by atoms with E-state index in [1.54, 1.807) is 6.08 Å². The summed E-state index contributed by atoms with van der Waals surface area (Å²) in [6.07, 6.45) is 5.26. The number of hydrogen-bond acceptors (Lipinski definition) is 1. The van der Waals surface area contributed by atoms with Gasteiger partial charge in [-0.3, -0.25) is 4.79 Å². The van der Waals surface area contributed by atoms with Gasteiger partial charge in [-0.05, 0) is 6.42 Å². The van der Waals surface area contributed by atoms with Gasteiger partial charge in [0.25, 0.3) is 0 Å². The van der Waals surface area contributed by atoms with Gasteiger partial charge in [0.15, 0.2) is 0 Å². The lowest BCUT2D eigenvalue weighted by molar-refractivity contribution is -0.119. The van der Waals surface area contributed by atoms with Crippen molar-refractivity contribution in [2.24, 2.45) is 0 Å². The van der Waals surface area contributed by atoms with Gasteiger partial charge >= 0.3 is 0 Å². The van der Waals surface area contributed by atoms with E-state index in [1.807, 2.05) is 6.54 Å². The monoisotopic (exact) mass is 154 g/mol. The number of hydrogen-bond donors (Lipinski definition) is 1. The van der Waals surface area contributed by atoms with Gasteiger partial charge in [-0.25, -0.2) is 0 Å². The van der Waals surface area contributed by atoms with Crippen LogP contribution in [0.3, 0.4) is 0 Å². The Morgan fingerprint density at radius 3 is 2.91 bits per heavy atom. The first-order chi connectivity index (χ1) is 5.31. The molecule has 63 valence electrons. The van der Waals surface area contributed by atoms with Crippen molar-refractivity contribution < 1.29 is 4.79 Å². The molecule has 0 saturated heterocycles. The zero-order valence-electron chi connectivity index (χ0n) is 7.10. The molecule has 0 spiro atoms. The molecular weight excluding hydrogens is 138 g/mol. The minimum atomic E-state index is 0.0242. The van der Waals surface area contributed by atoms with E-state index in [0.717, 1.165) is 19.3 Å². The van der Waals surface area contributed by atoms with Gasteiger partial charge in [-0.15, -0.1) is 6.58 Å². The number of amides is 1. The van der Waals surface area contributed by atoms with Crippen molar-refractivity contribution in [2.75, 3.05) is 0 Å². The molecule has 0 aromatic heterocycles. The molecule has 0 aliphatic carbocycles. The van der Waals surface area contributed by atoms with Gasteiger partial charge in [0.2, 0.25) is 5.91 Å². The van der Waals surface area contributed by atoms with E-state index in [-0.39, 0.29) is 5.91 Å². The molecule has 0 unspecified atom stereocenters. The normalized spacial score (nSPS) is 9.18. The van der Waals surface area contributed by atoms with Gasteiger partial charge in [0.05, 0.1) is 0 Å². The number of carbonyl (C=O) groups is 1. The smallest absolute Gasteiger partial charge is 0.224 e. The molecule has 0 heterocycles. The minimum absolute atomic E-state index is 0.0242. The molecule has 2 nitrogen and oxygen atoms in total. The fourth-order valence-corrected chi connectivity index (χ4v) is 0.682. The molecule has 0 aromatic carbocycles. The maximum atomic E-state index is 10.8. The molecule has 1 N–H and O–H groups in total.